The van der Waals surface area contributed by atoms with E-state index >= 15 is 0 Å². The van der Waals surface area contributed by atoms with Gasteiger partial charge >= 0.3 is 0 Å². The molecule has 0 aromatic heterocycles. The molecular weight excluding hydrogens is 431 g/mol. The molecule has 2 aromatic carbocycles. The minimum Gasteiger partial charge on any atom is -0.487 e. The number of amides is 1. The lowest BCUT2D eigenvalue weighted by molar-refractivity contribution is -0.123. The standard InChI is InChI=1S/C24H31FN2O4S/c1-5-21(27(32(4,29)30)18-14-12-17(25)13-15-18)23(28)26-20-16-24(6-2,7-3)31-22-11-9-8-10-19(20)22/h8-15,20-21H,5-7,16H2,1-4H3,(H,26,28). The SMILES string of the molecule is CCC(C(=O)NC1CC(CC)(CC)Oc2ccccc21)N(c1ccc(F)cc1)S(C)(=O)=O. The van der Waals surface area contributed by atoms with Gasteiger partial charge in [0, 0.05) is 12.0 Å². The van der Waals surface area contributed by atoms with E-state index in [2.05, 4.69) is 19.2 Å². The van der Waals surface area contributed by atoms with E-state index < -0.39 is 33.4 Å². The van der Waals surface area contributed by atoms with Crippen molar-refractivity contribution in [3.63, 3.8) is 0 Å². The average Bonchev–Trinajstić information content (AvgIpc) is 2.77. The van der Waals surface area contributed by atoms with Crippen molar-refractivity contribution in [2.24, 2.45) is 0 Å². The zero-order valence-corrected chi connectivity index (χ0v) is 19.8. The van der Waals surface area contributed by atoms with Gasteiger partial charge in [-0.15, -0.1) is 0 Å². The molecule has 3 rings (SSSR count). The molecule has 0 aliphatic carbocycles. The van der Waals surface area contributed by atoms with Gasteiger partial charge in [0.2, 0.25) is 15.9 Å². The molecule has 0 saturated carbocycles. The number of carbonyl (C=O) groups is 1. The molecular formula is C24H31FN2O4S. The lowest BCUT2D eigenvalue weighted by atomic mass is 9.83. The molecule has 1 amide bonds. The van der Waals surface area contributed by atoms with E-state index in [4.69, 9.17) is 4.74 Å². The summed E-state index contributed by atoms with van der Waals surface area (Å²) in [6.07, 6.45) is 3.47. The number of nitrogens with one attached hydrogen (secondary N) is 1. The van der Waals surface area contributed by atoms with Gasteiger partial charge in [-0.1, -0.05) is 39.0 Å². The number of halogens is 1. The molecule has 0 radical (unpaired) electrons. The van der Waals surface area contributed by atoms with Crippen LogP contribution in [0.3, 0.4) is 0 Å². The number of ether oxygens (including phenoxy) is 1. The topological polar surface area (TPSA) is 75.7 Å². The largest absolute Gasteiger partial charge is 0.487 e. The fourth-order valence-corrected chi connectivity index (χ4v) is 5.56. The van der Waals surface area contributed by atoms with Gasteiger partial charge in [0.05, 0.1) is 18.0 Å². The first-order valence-electron chi connectivity index (χ1n) is 11.0. The Bertz CT molecular complexity index is 1050. The second kappa shape index (κ2) is 9.48. The maximum atomic E-state index is 13.4. The Balaban J connectivity index is 1.95. The van der Waals surface area contributed by atoms with E-state index in [0.717, 1.165) is 34.7 Å². The smallest absolute Gasteiger partial charge is 0.244 e. The van der Waals surface area contributed by atoms with Crippen molar-refractivity contribution in [2.75, 3.05) is 10.6 Å². The van der Waals surface area contributed by atoms with Crippen LogP contribution in [0.25, 0.3) is 0 Å². The van der Waals surface area contributed by atoms with Crippen molar-refractivity contribution in [2.45, 2.75) is 64.1 Å². The number of carbonyl (C=O) groups excluding carboxylic acids is 1. The molecule has 0 bridgehead atoms. The maximum Gasteiger partial charge on any atom is 0.244 e. The molecule has 1 N–H and O–H groups in total. The van der Waals surface area contributed by atoms with Gasteiger partial charge in [-0.25, -0.2) is 12.8 Å². The minimum absolute atomic E-state index is 0.250. The molecule has 0 saturated heterocycles. The van der Waals surface area contributed by atoms with Crippen LogP contribution in [0.2, 0.25) is 0 Å². The van der Waals surface area contributed by atoms with E-state index in [1.807, 2.05) is 24.3 Å². The molecule has 1 aliphatic rings. The zero-order valence-electron chi connectivity index (χ0n) is 19.0. The Labute approximate surface area is 189 Å². The Morgan fingerprint density at radius 2 is 1.78 bits per heavy atom. The van der Waals surface area contributed by atoms with Gasteiger partial charge in [0.15, 0.2) is 0 Å². The van der Waals surface area contributed by atoms with Gasteiger partial charge in [-0.05, 0) is 49.6 Å². The number of rotatable bonds is 8. The van der Waals surface area contributed by atoms with Crippen LogP contribution in [-0.4, -0.2) is 32.2 Å². The third kappa shape index (κ3) is 4.90. The zero-order chi connectivity index (χ0) is 23.5. The summed E-state index contributed by atoms with van der Waals surface area (Å²) in [6, 6.07) is 11.4. The van der Waals surface area contributed by atoms with Gasteiger partial charge in [0.1, 0.15) is 23.2 Å². The fraction of sp³-hybridized carbons (Fsp3) is 0.458. The Morgan fingerprint density at radius 1 is 1.16 bits per heavy atom. The van der Waals surface area contributed by atoms with Crippen LogP contribution in [0.15, 0.2) is 48.5 Å². The molecule has 2 aromatic rings. The fourth-order valence-electron chi connectivity index (χ4n) is 4.35. The Hall–Kier alpha value is -2.61. The number of sulfonamides is 1. The summed E-state index contributed by atoms with van der Waals surface area (Å²) in [5, 5.41) is 3.08. The van der Waals surface area contributed by atoms with Crippen LogP contribution >= 0.6 is 0 Å². The van der Waals surface area contributed by atoms with Gasteiger partial charge in [-0.3, -0.25) is 9.10 Å². The highest BCUT2D eigenvalue weighted by molar-refractivity contribution is 7.92. The minimum atomic E-state index is -3.80. The van der Waals surface area contributed by atoms with Crippen LogP contribution in [0.5, 0.6) is 5.75 Å². The average molecular weight is 463 g/mol. The van der Waals surface area contributed by atoms with Crippen molar-refractivity contribution in [1.29, 1.82) is 0 Å². The van der Waals surface area contributed by atoms with Gasteiger partial charge in [0.25, 0.3) is 0 Å². The summed E-state index contributed by atoms with van der Waals surface area (Å²) < 4.78 is 46.1. The summed E-state index contributed by atoms with van der Waals surface area (Å²) in [4.78, 5) is 13.4. The van der Waals surface area contributed by atoms with E-state index in [-0.39, 0.29) is 18.2 Å². The van der Waals surface area contributed by atoms with Crippen LogP contribution in [0.4, 0.5) is 10.1 Å². The molecule has 6 nitrogen and oxygen atoms in total. The third-order valence-corrected chi connectivity index (χ3v) is 7.39. The molecule has 2 atom stereocenters. The van der Waals surface area contributed by atoms with Gasteiger partial charge in [-0.2, -0.15) is 0 Å². The van der Waals surface area contributed by atoms with Crippen LogP contribution in [0, 0.1) is 5.82 Å². The number of hydrogen-bond donors (Lipinski definition) is 1. The highest BCUT2D eigenvalue weighted by Gasteiger charge is 2.40. The second-order valence-corrected chi connectivity index (χ2v) is 10.1. The molecule has 1 aliphatic heterocycles. The van der Waals surface area contributed by atoms with Crippen molar-refractivity contribution in [1.82, 2.24) is 5.32 Å². The third-order valence-electron chi connectivity index (χ3n) is 6.21. The summed E-state index contributed by atoms with van der Waals surface area (Å²) >= 11 is 0. The number of benzene rings is 2. The van der Waals surface area contributed by atoms with Crippen molar-refractivity contribution < 1.29 is 22.3 Å². The first-order valence-corrected chi connectivity index (χ1v) is 12.8. The van der Waals surface area contributed by atoms with E-state index in [1.165, 1.54) is 24.3 Å². The van der Waals surface area contributed by atoms with Crippen molar-refractivity contribution in [3.05, 3.63) is 59.9 Å². The lowest BCUT2D eigenvalue weighted by Crippen LogP contribution is -2.52. The van der Waals surface area contributed by atoms with Crippen molar-refractivity contribution >= 4 is 21.6 Å². The molecule has 32 heavy (non-hydrogen) atoms. The molecule has 174 valence electrons. The Kier molecular flexibility index (Phi) is 7.12. The number of hydrogen-bond acceptors (Lipinski definition) is 4. The first kappa shape index (κ1) is 24.0. The summed E-state index contributed by atoms with van der Waals surface area (Å²) in [6.45, 7) is 5.88. The maximum absolute atomic E-state index is 13.4. The normalized spacial score (nSPS) is 18.2. The van der Waals surface area contributed by atoms with Crippen LogP contribution in [-0.2, 0) is 14.8 Å². The first-order chi connectivity index (χ1) is 15.1. The summed E-state index contributed by atoms with van der Waals surface area (Å²) in [5.41, 5.74) is 0.724. The predicted octanol–water partition coefficient (Wildman–Crippen LogP) is 4.57. The van der Waals surface area contributed by atoms with Crippen LogP contribution in [0.1, 0.15) is 58.1 Å². The quantitative estimate of drug-likeness (QED) is 0.624. The monoisotopic (exact) mass is 462 g/mol. The van der Waals surface area contributed by atoms with Crippen molar-refractivity contribution in [3.8, 4) is 5.75 Å². The highest BCUT2D eigenvalue weighted by atomic mass is 32.2. The number of fused-ring (bicyclic) bond motifs is 1. The van der Waals surface area contributed by atoms with Crippen LogP contribution < -0.4 is 14.4 Å². The summed E-state index contributed by atoms with van der Waals surface area (Å²) in [5.74, 6) is -0.140. The molecule has 8 heteroatoms. The number of anilines is 1. The van der Waals surface area contributed by atoms with E-state index in [9.17, 15) is 17.6 Å². The predicted molar refractivity (Wildman–Crippen MR) is 124 cm³/mol. The van der Waals surface area contributed by atoms with E-state index in [0.29, 0.717) is 6.42 Å². The Morgan fingerprint density at radius 3 is 2.34 bits per heavy atom. The highest BCUT2D eigenvalue weighted by Crippen LogP contribution is 2.42. The lowest BCUT2D eigenvalue weighted by Gasteiger charge is -2.42. The molecule has 2 unspecified atom stereocenters. The van der Waals surface area contributed by atoms with Gasteiger partial charge < -0.3 is 10.1 Å². The number of para-hydroxylation sites is 1. The summed E-state index contributed by atoms with van der Waals surface area (Å²) in [7, 11) is -3.80. The number of nitrogens with zero attached hydrogens (tertiary/aromatic N) is 1. The molecule has 0 fully saturated rings. The van der Waals surface area contributed by atoms with E-state index in [1.54, 1.807) is 6.92 Å². The molecule has 0 spiro atoms. The molecule has 1 heterocycles. The second-order valence-electron chi connectivity index (χ2n) is 8.25.